The summed E-state index contributed by atoms with van der Waals surface area (Å²) in [5.74, 6) is 0. The third-order valence-electron chi connectivity index (χ3n) is 3.13. The average Bonchev–Trinajstić information content (AvgIpc) is 1.93. The quantitative estimate of drug-likeness (QED) is 0.645. The van der Waals surface area contributed by atoms with Crippen LogP contribution in [0.3, 0.4) is 0 Å². The van der Waals surface area contributed by atoms with Crippen molar-refractivity contribution in [2.24, 2.45) is 0 Å². The number of hydrogen-bond acceptors (Lipinski definition) is 3. The summed E-state index contributed by atoms with van der Waals surface area (Å²) < 4.78 is 0. The fourth-order valence-electron chi connectivity index (χ4n) is 2.13. The van der Waals surface area contributed by atoms with Crippen LogP contribution in [0.2, 0.25) is 0 Å². The molecule has 0 aliphatic carbocycles. The van der Waals surface area contributed by atoms with E-state index in [1.165, 1.54) is 0 Å². The number of rotatable bonds is 1. The van der Waals surface area contributed by atoms with Gasteiger partial charge in [0.05, 0.1) is 6.10 Å². The van der Waals surface area contributed by atoms with Gasteiger partial charge in [-0.15, -0.1) is 12.4 Å². The van der Waals surface area contributed by atoms with Crippen molar-refractivity contribution < 1.29 is 5.11 Å². The molecular weight excluding hydrogens is 188 g/mol. The molecule has 4 heteroatoms. The van der Waals surface area contributed by atoms with E-state index in [-0.39, 0.29) is 18.5 Å². The Morgan fingerprint density at radius 3 is 2.54 bits per heavy atom. The highest BCUT2D eigenvalue weighted by molar-refractivity contribution is 5.85. The first-order valence-electron chi connectivity index (χ1n) is 4.92. The molecule has 2 aliphatic heterocycles. The molecule has 78 valence electrons. The van der Waals surface area contributed by atoms with Gasteiger partial charge in [-0.1, -0.05) is 0 Å². The van der Waals surface area contributed by atoms with E-state index in [1.54, 1.807) is 0 Å². The molecule has 0 aromatic carbocycles. The molecule has 0 radical (unpaired) electrons. The third kappa shape index (κ3) is 2.34. The van der Waals surface area contributed by atoms with Crippen LogP contribution < -0.4 is 5.32 Å². The lowest BCUT2D eigenvalue weighted by molar-refractivity contribution is 0.000748. The standard InChI is InChI=1S/C9H18N2O.ClH/c1-7-2-3-9(12)6-11(7)8-4-10-5-8;/h7-10,12H,2-6H2,1H3;1H/t7-,9-;/m0./s1. The molecule has 0 aromatic heterocycles. The highest BCUT2D eigenvalue weighted by atomic mass is 35.5. The minimum atomic E-state index is -0.0817. The highest BCUT2D eigenvalue weighted by Crippen LogP contribution is 2.20. The maximum Gasteiger partial charge on any atom is 0.0668 e. The summed E-state index contributed by atoms with van der Waals surface area (Å²) in [6, 6.07) is 1.36. The van der Waals surface area contributed by atoms with Crippen LogP contribution >= 0.6 is 12.4 Å². The fourth-order valence-corrected chi connectivity index (χ4v) is 2.13. The second-order valence-electron chi connectivity index (χ2n) is 4.09. The molecule has 2 fully saturated rings. The molecule has 0 unspecified atom stereocenters. The Kier molecular flexibility index (Phi) is 3.98. The maximum absolute atomic E-state index is 9.50. The number of nitrogens with one attached hydrogen (secondary N) is 1. The zero-order valence-corrected chi connectivity index (χ0v) is 8.89. The lowest BCUT2D eigenvalue weighted by atomic mass is 9.97. The van der Waals surface area contributed by atoms with E-state index in [1.807, 2.05) is 0 Å². The van der Waals surface area contributed by atoms with Crippen molar-refractivity contribution in [3.8, 4) is 0 Å². The molecule has 2 heterocycles. The Labute approximate surface area is 85.9 Å². The van der Waals surface area contributed by atoms with Crippen LogP contribution in [0.1, 0.15) is 19.8 Å². The minimum absolute atomic E-state index is 0. The van der Waals surface area contributed by atoms with Crippen LogP contribution in [0.4, 0.5) is 0 Å². The lowest BCUT2D eigenvalue weighted by Crippen LogP contribution is -2.62. The molecule has 0 bridgehead atoms. The molecule has 2 N–H and O–H groups in total. The van der Waals surface area contributed by atoms with Crippen LogP contribution in [0.25, 0.3) is 0 Å². The number of likely N-dealkylation sites (tertiary alicyclic amines) is 1. The summed E-state index contributed by atoms with van der Waals surface area (Å²) in [6.45, 7) is 5.37. The van der Waals surface area contributed by atoms with Crippen molar-refractivity contribution in [1.82, 2.24) is 10.2 Å². The lowest BCUT2D eigenvalue weighted by Gasteiger charge is -2.45. The molecular formula is C9H19ClN2O. The van der Waals surface area contributed by atoms with Crippen LogP contribution in [-0.2, 0) is 0 Å². The highest BCUT2D eigenvalue weighted by Gasteiger charge is 2.32. The number of aliphatic hydroxyl groups is 1. The molecule has 3 nitrogen and oxygen atoms in total. The van der Waals surface area contributed by atoms with Crippen LogP contribution in [0.5, 0.6) is 0 Å². The first-order chi connectivity index (χ1) is 5.77. The monoisotopic (exact) mass is 206 g/mol. The summed E-state index contributed by atoms with van der Waals surface area (Å²) in [7, 11) is 0. The smallest absolute Gasteiger partial charge is 0.0668 e. The largest absolute Gasteiger partial charge is 0.392 e. The molecule has 0 amide bonds. The third-order valence-corrected chi connectivity index (χ3v) is 3.13. The van der Waals surface area contributed by atoms with Gasteiger partial charge in [-0.25, -0.2) is 0 Å². The van der Waals surface area contributed by atoms with E-state index in [0.717, 1.165) is 32.5 Å². The first-order valence-corrected chi connectivity index (χ1v) is 4.92. The van der Waals surface area contributed by atoms with Crippen LogP contribution in [-0.4, -0.2) is 47.8 Å². The topological polar surface area (TPSA) is 35.5 Å². The number of halogens is 1. The van der Waals surface area contributed by atoms with Crippen LogP contribution in [0.15, 0.2) is 0 Å². The van der Waals surface area contributed by atoms with Gasteiger partial charge in [0.2, 0.25) is 0 Å². The van der Waals surface area contributed by atoms with E-state index >= 15 is 0 Å². The summed E-state index contributed by atoms with van der Waals surface area (Å²) >= 11 is 0. The fraction of sp³-hybridized carbons (Fsp3) is 1.00. The van der Waals surface area contributed by atoms with Crippen LogP contribution in [0, 0.1) is 0 Å². The molecule has 13 heavy (non-hydrogen) atoms. The zero-order chi connectivity index (χ0) is 8.55. The van der Waals surface area contributed by atoms with Crippen molar-refractivity contribution in [3.05, 3.63) is 0 Å². The first kappa shape index (κ1) is 11.2. The maximum atomic E-state index is 9.50. The van der Waals surface area contributed by atoms with E-state index in [0.29, 0.717) is 12.1 Å². The number of aliphatic hydroxyl groups excluding tert-OH is 1. The average molecular weight is 207 g/mol. The van der Waals surface area contributed by atoms with Gasteiger partial charge in [-0.05, 0) is 19.8 Å². The predicted molar refractivity (Wildman–Crippen MR) is 55.3 cm³/mol. The zero-order valence-electron chi connectivity index (χ0n) is 8.07. The molecule has 2 aliphatic rings. The number of piperidine rings is 1. The molecule has 2 atom stereocenters. The SMILES string of the molecule is C[C@H]1CC[C@H](O)CN1C1CNC1.Cl. The molecule has 0 saturated carbocycles. The summed E-state index contributed by atoms with van der Waals surface area (Å²) in [5, 5.41) is 12.8. The molecule has 2 rings (SSSR count). The van der Waals surface area contributed by atoms with Gasteiger partial charge in [0.25, 0.3) is 0 Å². The summed E-state index contributed by atoms with van der Waals surface area (Å²) in [5.41, 5.74) is 0. The Hall–Kier alpha value is 0.170. The number of hydrogen-bond donors (Lipinski definition) is 2. The molecule has 0 aromatic rings. The van der Waals surface area contributed by atoms with Gasteiger partial charge >= 0.3 is 0 Å². The van der Waals surface area contributed by atoms with Crippen molar-refractivity contribution in [2.75, 3.05) is 19.6 Å². The van der Waals surface area contributed by atoms with E-state index in [2.05, 4.69) is 17.1 Å². The van der Waals surface area contributed by atoms with E-state index < -0.39 is 0 Å². The predicted octanol–water partition coefficient (Wildman–Crippen LogP) is 0.225. The Bertz CT molecular complexity index is 162. The number of β-amino-alcohol motifs (C(OH)–C–C–N with tert-alkyl or cyclic N) is 1. The summed E-state index contributed by atoms with van der Waals surface area (Å²) in [6.07, 6.45) is 2.05. The summed E-state index contributed by atoms with van der Waals surface area (Å²) in [4.78, 5) is 2.45. The van der Waals surface area contributed by atoms with Gasteiger partial charge in [0, 0.05) is 31.7 Å². The van der Waals surface area contributed by atoms with Gasteiger partial charge in [-0.2, -0.15) is 0 Å². The Morgan fingerprint density at radius 2 is 2.00 bits per heavy atom. The van der Waals surface area contributed by atoms with Gasteiger partial charge < -0.3 is 10.4 Å². The minimum Gasteiger partial charge on any atom is -0.392 e. The molecule has 0 spiro atoms. The van der Waals surface area contributed by atoms with Crippen molar-refractivity contribution in [1.29, 1.82) is 0 Å². The van der Waals surface area contributed by atoms with Gasteiger partial charge in [0.1, 0.15) is 0 Å². The van der Waals surface area contributed by atoms with Gasteiger partial charge in [0.15, 0.2) is 0 Å². The van der Waals surface area contributed by atoms with E-state index in [9.17, 15) is 5.11 Å². The van der Waals surface area contributed by atoms with Crippen molar-refractivity contribution in [3.63, 3.8) is 0 Å². The number of nitrogens with zero attached hydrogens (tertiary/aromatic N) is 1. The normalized spacial score (nSPS) is 36.5. The van der Waals surface area contributed by atoms with E-state index in [4.69, 9.17) is 0 Å². The van der Waals surface area contributed by atoms with Crippen molar-refractivity contribution >= 4 is 12.4 Å². The molecule has 2 saturated heterocycles. The Balaban J connectivity index is 0.000000845. The second-order valence-corrected chi connectivity index (χ2v) is 4.09. The van der Waals surface area contributed by atoms with Crippen molar-refractivity contribution in [2.45, 2.75) is 38.0 Å². The second kappa shape index (κ2) is 4.60. The van der Waals surface area contributed by atoms with Gasteiger partial charge in [-0.3, -0.25) is 4.90 Å². The Morgan fingerprint density at radius 1 is 1.31 bits per heavy atom.